The summed E-state index contributed by atoms with van der Waals surface area (Å²) in [5.41, 5.74) is 5.95. The van der Waals surface area contributed by atoms with E-state index in [9.17, 15) is 0 Å². The maximum atomic E-state index is 2.54. The molecular formula is C32H26Si2. The molecule has 0 bridgehead atoms. The molecule has 0 saturated heterocycles. The fraction of sp³-hybridized carbons (Fsp3) is 0.125. The lowest BCUT2D eigenvalue weighted by Crippen LogP contribution is -2.49. The van der Waals surface area contributed by atoms with Gasteiger partial charge in [-0.05, 0) is 75.3 Å². The molecule has 2 aliphatic heterocycles. The van der Waals surface area contributed by atoms with E-state index in [1.54, 1.807) is 20.7 Å². The zero-order valence-electron chi connectivity index (χ0n) is 20.1. The second-order valence-corrected chi connectivity index (χ2v) is 20.0. The highest BCUT2D eigenvalue weighted by molar-refractivity contribution is 7.05. The zero-order valence-corrected chi connectivity index (χ0v) is 22.1. The van der Waals surface area contributed by atoms with Crippen molar-refractivity contribution >= 4 is 69.2 Å². The highest BCUT2D eigenvalue weighted by Gasteiger charge is 2.40. The molecule has 2 heterocycles. The monoisotopic (exact) mass is 466 g/mol. The highest BCUT2D eigenvalue weighted by atomic mass is 28.3. The van der Waals surface area contributed by atoms with Crippen LogP contribution in [0.15, 0.2) is 84.9 Å². The average molecular weight is 467 g/mol. The van der Waals surface area contributed by atoms with Gasteiger partial charge in [0.25, 0.3) is 0 Å². The number of hydrogen-bond acceptors (Lipinski definition) is 0. The Kier molecular flexibility index (Phi) is 3.31. The fourth-order valence-electron chi connectivity index (χ4n) is 7.30. The Bertz CT molecular complexity index is 1720. The zero-order chi connectivity index (χ0) is 23.0. The van der Waals surface area contributed by atoms with Crippen molar-refractivity contribution < 1.29 is 0 Å². The van der Waals surface area contributed by atoms with Gasteiger partial charge in [-0.25, -0.2) is 0 Å². The van der Waals surface area contributed by atoms with Gasteiger partial charge in [0.15, 0.2) is 0 Å². The molecule has 0 spiro atoms. The quantitative estimate of drug-likeness (QED) is 0.185. The molecule has 2 aliphatic rings. The topological polar surface area (TPSA) is 0 Å². The molecule has 34 heavy (non-hydrogen) atoms. The molecule has 0 aliphatic carbocycles. The van der Waals surface area contributed by atoms with Crippen molar-refractivity contribution in [3.63, 3.8) is 0 Å². The molecule has 6 aromatic carbocycles. The summed E-state index contributed by atoms with van der Waals surface area (Å²) in [5.74, 6) is 0. The van der Waals surface area contributed by atoms with Crippen molar-refractivity contribution in [3.05, 3.63) is 84.9 Å². The number of hydrogen-bond donors (Lipinski definition) is 0. The maximum absolute atomic E-state index is 2.54. The minimum atomic E-state index is -1.70. The van der Waals surface area contributed by atoms with Gasteiger partial charge in [-0.15, -0.1) is 0 Å². The summed E-state index contributed by atoms with van der Waals surface area (Å²) in [5, 5.41) is 15.0. The van der Waals surface area contributed by atoms with Crippen LogP contribution in [0.2, 0.25) is 26.2 Å². The summed E-state index contributed by atoms with van der Waals surface area (Å²) >= 11 is 0. The summed E-state index contributed by atoms with van der Waals surface area (Å²) in [6, 6.07) is 33.1. The van der Waals surface area contributed by atoms with Gasteiger partial charge in [0.05, 0.1) is 0 Å². The lowest BCUT2D eigenvalue weighted by molar-refractivity contribution is 1.73. The molecule has 0 N–H and O–H groups in total. The van der Waals surface area contributed by atoms with E-state index in [0.29, 0.717) is 0 Å². The van der Waals surface area contributed by atoms with Crippen LogP contribution in [-0.4, -0.2) is 16.1 Å². The second-order valence-electron chi connectivity index (χ2n) is 11.4. The third-order valence-corrected chi connectivity index (χ3v) is 16.0. The van der Waals surface area contributed by atoms with Gasteiger partial charge in [0, 0.05) is 0 Å². The van der Waals surface area contributed by atoms with Crippen LogP contribution in [0, 0.1) is 0 Å². The Labute approximate surface area is 202 Å². The Hall–Kier alpha value is -3.21. The predicted molar refractivity (Wildman–Crippen MR) is 155 cm³/mol. The molecule has 0 unspecified atom stereocenters. The van der Waals surface area contributed by atoms with Crippen molar-refractivity contribution in [2.24, 2.45) is 0 Å². The summed E-state index contributed by atoms with van der Waals surface area (Å²) < 4.78 is 0. The van der Waals surface area contributed by atoms with Crippen LogP contribution in [0.1, 0.15) is 0 Å². The molecule has 0 nitrogen and oxygen atoms in total. The summed E-state index contributed by atoms with van der Waals surface area (Å²) in [6.07, 6.45) is 0. The maximum Gasteiger partial charge on any atom is 0.113 e. The Morgan fingerprint density at radius 3 is 1.29 bits per heavy atom. The van der Waals surface area contributed by atoms with E-state index in [1.165, 1.54) is 54.6 Å². The Morgan fingerprint density at radius 2 is 0.853 bits per heavy atom. The van der Waals surface area contributed by atoms with E-state index in [0.717, 1.165) is 0 Å². The van der Waals surface area contributed by atoms with Crippen LogP contribution in [0.3, 0.4) is 0 Å². The summed E-state index contributed by atoms with van der Waals surface area (Å²) in [7, 11) is -3.41. The largest absolute Gasteiger partial charge is 0.113 e. The molecule has 2 heteroatoms. The fourth-order valence-corrected chi connectivity index (χ4v) is 13.5. The lowest BCUT2D eigenvalue weighted by atomic mass is 9.87. The van der Waals surface area contributed by atoms with Gasteiger partial charge in [0.2, 0.25) is 0 Å². The van der Waals surface area contributed by atoms with Crippen LogP contribution in [-0.2, 0) is 0 Å². The molecule has 0 amide bonds. The van der Waals surface area contributed by atoms with E-state index < -0.39 is 16.1 Å². The third kappa shape index (κ3) is 2.03. The predicted octanol–water partition coefficient (Wildman–Crippen LogP) is 6.19. The smallest absolute Gasteiger partial charge is 0.0623 e. The van der Waals surface area contributed by atoms with Gasteiger partial charge in [0.1, 0.15) is 16.1 Å². The van der Waals surface area contributed by atoms with Gasteiger partial charge >= 0.3 is 0 Å². The van der Waals surface area contributed by atoms with Gasteiger partial charge in [-0.3, -0.25) is 0 Å². The summed E-state index contributed by atoms with van der Waals surface area (Å²) in [4.78, 5) is 0. The third-order valence-electron chi connectivity index (χ3n) is 8.99. The molecule has 8 rings (SSSR count). The van der Waals surface area contributed by atoms with Gasteiger partial charge in [-0.1, -0.05) is 111 Å². The molecule has 0 radical (unpaired) electrons. The molecule has 6 aromatic rings. The van der Waals surface area contributed by atoms with Crippen molar-refractivity contribution in [2.75, 3.05) is 0 Å². The first-order chi connectivity index (χ1) is 16.4. The van der Waals surface area contributed by atoms with Crippen molar-refractivity contribution in [2.45, 2.75) is 26.2 Å². The molecule has 0 saturated carbocycles. The van der Waals surface area contributed by atoms with Crippen molar-refractivity contribution in [3.8, 4) is 22.3 Å². The van der Waals surface area contributed by atoms with Crippen LogP contribution in [0.5, 0.6) is 0 Å². The average Bonchev–Trinajstić information content (AvgIpc) is 3.22. The minimum absolute atomic E-state index is 1.41. The highest BCUT2D eigenvalue weighted by Crippen LogP contribution is 2.44. The van der Waals surface area contributed by atoms with E-state index >= 15 is 0 Å². The number of rotatable bonds is 0. The number of benzene rings is 6. The minimum Gasteiger partial charge on any atom is -0.0623 e. The van der Waals surface area contributed by atoms with Crippen LogP contribution in [0.4, 0.5) is 0 Å². The first-order valence-corrected chi connectivity index (χ1v) is 18.4. The summed E-state index contributed by atoms with van der Waals surface area (Å²) in [6.45, 7) is 10.1. The second kappa shape index (κ2) is 5.88. The molecule has 0 fully saturated rings. The van der Waals surface area contributed by atoms with Crippen LogP contribution >= 0.6 is 0 Å². The van der Waals surface area contributed by atoms with Gasteiger partial charge in [-0.2, -0.15) is 0 Å². The standard InChI is InChI=1S/C32H26Si2/c1-33(2)25-11-7-5-9-21(25)31-23-15-16-24-30-20(14-13-19(29(23)30)17-27(31)33)18-28-32(24)22-10-6-8-12-26(22)34(28,3)4/h5-18H,1-4H3. The van der Waals surface area contributed by atoms with Crippen LogP contribution in [0.25, 0.3) is 54.6 Å². The van der Waals surface area contributed by atoms with E-state index in [-0.39, 0.29) is 0 Å². The van der Waals surface area contributed by atoms with Gasteiger partial charge < -0.3 is 0 Å². The SMILES string of the molecule is C[Si]1(C)c2ccccc2-c2c1cc1ccc3cc4c(c5ccc2c1c35)-c1ccccc1[Si]4(C)C. The molecule has 0 aromatic heterocycles. The normalized spacial score (nSPS) is 16.7. The van der Waals surface area contributed by atoms with Crippen molar-refractivity contribution in [1.29, 1.82) is 0 Å². The first kappa shape index (κ1) is 19.1. The Morgan fingerprint density at radius 1 is 0.441 bits per heavy atom. The van der Waals surface area contributed by atoms with E-state index in [1.807, 2.05) is 0 Å². The van der Waals surface area contributed by atoms with Crippen LogP contribution < -0.4 is 20.7 Å². The Balaban J connectivity index is 1.59. The molecule has 162 valence electrons. The van der Waals surface area contributed by atoms with E-state index in [2.05, 4.69) is 111 Å². The first-order valence-electron chi connectivity index (χ1n) is 12.4. The van der Waals surface area contributed by atoms with Crippen molar-refractivity contribution in [1.82, 2.24) is 0 Å². The molecule has 0 atom stereocenters. The lowest BCUT2D eigenvalue weighted by Gasteiger charge is -2.22. The molecular weight excluding hydrogens is 441 g/mol. The number of fused-ring (bicyclic) bond motifs is 8. The van der Waals surface area contributed by atoms with E-state index in [4.69, 9.17) is 0 Å².